The number of carbonyl (C=O) groups is 1. The standard InChI is InChI=1S/C28H34F2N8O2/c1-3-24(39)35-11-13-36(14-12-35)26-20-6-8-37(25-19(2)4-5-22-21(25)16-31-33-22)17-23(20)38(27(40)32-26)15-10-34-9-7-28(29,30)18-34/h3-5,16H,1,6-15,17-18H2,2H3,(H,31,33). The molecule has 10 nitrogen and oxygen atoms in total. The number of aromatic nitrogens is 4. The summed E-state index contributed by atoms with van der Waals surface area (Å²) in [7, 11) is 0. The first-order chi connectivity index (χ1) is 19.2. The van der Waals surface area contributed by atoms with Crippen LogP contribution in [0.3, 0.4) is 0 Å². The van der Waals surface area contributed by atoms with Crippen LogP contribution in [0.25, 0.3) is 10.9 Å². The van der Waals surface area contributed by atoms with E-state index in [2.05, 4.69) is 44.6 Å². The molecule has 2 saturated heterocycles. The minimum absolute atomic E-state index is 0.100. The second kappa shape index (κ2) is 10.3. The number of carbonyl (C=O) groups excluding carboxylic acids is 1. The average molecular weight is 553 g/mol. The fraction of sp³-hybridized carbons (Fsp3) is 0.500. The van der Waals surface area contributed by atoms with Crippen LogP contribution < -0.4 is 15.5 Å². The average Bonchev–Trinajstić information content (AvgIpc) is 3.57. The summed E-state index contributed by atoms with van der Waals surface area (Å²) < 4.78 is 29.4. The Morgan fingerprint density at radius 3 is 2.65 bits per heavy atom. The predicted octanol–water partition coefficient (Wildman–Crippen LogP) is 2.17. The van der Waals surface area contributed by atoms with Crippen LogP contribution in [0.5, 0.6) is 0 Å². The van der Waals surface area contributed by atoms with E-state index >= 15 is 0 Å². The fourth-order valence-electron chi connectivity index (χ4n) is 6.29. The van der Waals surface area contributed by atoms with Gasteiger partial charge in [0, 0.05) is 75.4 Å². The number of halogens is 2. The van der Waals surface area contributed by atoms with E-state index < -0.39 is 5.92 Å². The largest absolute Gasteiger partial charge is 0.365 e. The van der Waals surface area contributed by atoms with Crippen molar-refractivity contribution < 1.29 is 13.6 Å². The first kappa shape index (κ1) is 26.4. The molecule has 2 aromatic heterocycles. The van der Waals surface area contributed by atoms with Crippen molar-refractivity contribution in [2.24, 2.45) is 0 Å². The third-order valence-corrected chi connectivity index (χ3v) is 8.42. The third kappa shape index (κ3) is 4.85. The molecule has 6 rings (SSSR count). The highest BCUT2D eigenvalue weighted by atomic mass is 19.3. The lowest BCUT2D eigenvalue weighted by atomic mass is 10.0. The van der Waals surface area contributed by atoms with Crippen molar-refractivity contribution in [1.82, 2.24) is 29.5 Å². The number of rotatable bonds is 6. The molecule has 0 aliphatic carbocycles. The molecule has 0 radical (unpaired) electrons. The number of likely N-dealkylation sites (tertiary alicyclic amines) is 1. The lowest BCUT2D eigenvalue weighted by molar-refractivity contribution is -0.126. The summed E-state index contributed by atoms with van der Waals surface area (Å²) in [6.07, 6.45) is 3.68. The van der Waals surface area contributed by atoms with E-state index in [4.69, 9.17) is 0 Å². The maximum atomic E-state index is 13.8. The highest BCUT2D eigenvalue weighted by Crippen LogP contribution is 2.35. The van der Waals surface area contributed by atoms with Gasteiger partial charge in [-0.2, -0.15) is 10.1 Å². The maximum Gasteiger partial charge on any atom is 0.349 e. The van der Waals surface area contributed by atoms with Gasteiger partial charge in [0.1, 0.15) is 5.82 Å². The molecule has 0 saturated carbocycles. The van der Waals surface area contributed by atoms with Crippen LogP contribution in [0.2, 0.25) is 0 Å². The minimum Gasteiger partial charge on any atom is -0.365 e. The number of aryl methyl sites for hydroxylation is 1. The van der Waals surface area contributed by atoms with Gasteiger partial charge in [-0.05, 0) is 31.1 Å². The highest BCUT2D eigenvalue weighted by Gasteiger charge is 2.38. The predicted molar refractivity (Wildman–Crippen MR) is 149 cm³/mol. The molecule has 3 aliphatic rings. The molecule has 2 fully saturated rings. The van der Waals surface area contributed by atoms with Gasteiger partial charge in [0.05, 0.1) is 30.5 Å². The zero-order valence-corrected chi connectivity index (χ0v) is 22.7. The van der Waals surface area contributed by atoms with Gasteiger partial charge in [-0.3, -0.25) is 19.4 Å². The molecule has 0 unspecified atom stereocenters. The lowest BCUT2D eigenvalue weighted by Gasteiger charge is -2.39. The molecular formula is C28H34F2N8O2. The molecule has 1 N–H and O–H groups in total. The van der Waals surface area contributed by atoms with Crippen LogP contribution in [0.15, 0.2) is 35.8 Å². The molecule has 5 heterocycles. The van der Waals surface area contributed by atoms with Gasteiger partial charge in [0.25, 0.3) is 5.92 Å². The number of nitrogens with zero attached hydrogens (tertiary/aromatic N) is 7. The summed E-state index contributed by atoms with van der Waals surface area (Å²) in [4.78, 5) is 38.0. The number of piperazine rings is 1. The first-order valence-corrected chi connectivity index (χ1v) is 13.8. The van der Waals surface area contributed by atoms with Crippen LogP contribution >= 0.6 is 0 Å². The summed E-state index contributed by atoms with van der Waals surface area (Å²) in [5.74, 6) is -2.11. The molecule has 0 spiro atoms. The van der Waals surface area contributed by atoms with E-state index in [0.29, 0.717) is 64.6 Å². The van der Waals surface area contributed by atoms with Crippen molar-refractivity contribution in [3.63, 3.8) is 0 Å². The second-order valence-corrected chi connectivity index (χ2v) is 10.9. The van der Waals surface area contributed by atoms with Gasteiger partial charge < -0.3 is 14.7 Å². The van der Waals surface area contributed by atoms with Crippen molar-refractivity contribution in [1.29, 1.82) is 0 Å². The van der Waals surface area contributed by atoms with Crippen molar-refractivity contribution in [3.8, 4) is 0 Å². The van der Waals surface area contributed by atoms with E-state index in [0.717, 1.165) is 40.0 Å². The Morgan fingerprint density at radius 2 is 1.93 bits per heavy atom. The monoisotopic (exact) mass is 552 g/mol. The molecule has 0 atom stereocenters. The Bertz CT molecular complexity index is 1510. The highest BCUT2D eigenvalue weighted by molar-refractivity contribution is 5.93. The summed E-state index contributed by atoms with van der Waals surface area (Å²) in [5.41, 5.74) is 4.65. The number of anilines is 2. The first-order valence-electron chi connectivity index (χ1n) is 13.8. The van der Waals surface area contributed by atoms with E-state index in [9.17, 15) is 18.4 Å². The molecule has 1 aromatic carbocycles. The number of alkyl halides is 2. The molecule has 212 valence electrons. The molecule has 3 aliphatic heterocycles. The molecule has 0 bridgehead atoms. The van der Waals surface area contributed by atoms with Crippen molar-refractivity contribution in [2.75, 3.05) is 62.2 Å². The van der Waals surface area contributed by atoms with Gasteiger partial charge in [-0.25, -0.2) is 13.6 Å². The van der Waals surface area contributed by atoms with Crippen LogP contribution in [-0.4, -0.2) is 93.7 Å². The van der Waals surface area contributed by atoms with E-state index in [-0.39, 0.29) is 24.6 Å². The van der Waals surface area contributed by atoms with Crippen molar-refractivity contribution in [3.05, 3.63) is 58.3 Å². The molecular weight excluding hydrogens is 518 g/mol. The number of amides is 1. The third-order valence-electron chi connectivity index (χ3n) is 8.42. The number of hydrogen-bond donors (Lipinski definition) is 1. The van der Waals surface area contributed by atoms with Crippen LogP contribution in [0.1, 0.15) is 23.2 Å². The number of H-pyrrole nitrogens is 1. The van der Waals surface area contributed by atoms with E-state index in [1.165, 1.54) is 6.08 Å². The summed E-state index contributed by atoms with van der Waals surface area (Å²) >= 11 is 0. The SMILES string of the molecule is C=CC(=O)N1CCN(c2nc(=O)n(CCN3CCC(F)(F)C3)c3c2CCN(c2c(C)ccc4[nH]ncc24)C3)CC1. The number of aromatic amines is 1. The van der Waals surface area contributed by atoms with Gasteiger partial charge in [-0.1, -0.05) is 12.6 Å². The normalized spacial score (nSPS) is 19.3. The van der Waals surface area contributed by atoms with Crippen molar-refractivity contribution in [2.45, 2.75) is 38.8 Å². The Hall–Kier alpha value is -3.80. The Morgan fingerprint density at radius 1 is 1.12 bits per heavy atom. The second-order valence-electron chi connectivity index (χ2n) is 10.9. The summed E-state index contributed by atoms with van der Waals surface area (Å²) in [6, 6.07) is 4.08. The fourth-order valence-corrected chi connectivity index (χ4v) is 6.29. The van der Waals surface area contributed by atoms with E-state index in [1.807, 2.05) is 12.3 Å². The van der Waals surface area contributed by atoms with Crippen LogP contribution in [0, 0.1) is 6.92 Å². The smallest absolute Gasteiger partial charge is 0.349 e. The summed E-state index contributed by atoms with van der Waals surface area (Å²) in [6.45, 7) is 9.78. The molecule has 12 heteroatoms. The number of benzene rings is 1. The van der Waals surface area contributed by atoms with Crippen molar-refractivity contribution >= 4 is 28.3 Å². The zero-order valence-electron chi connectivity index (χ0n) is 22.7. The number of nitrogens with one attached hydrogen (secondary N) is 1. The van der Waals surface area contributed by atoms with E-state index in [1.54, 1.807) is 14.4 Å². The molecule has 1 amide bonds. The van der Waals surface area contributed by atoms with Crippen LogP contribution in [0.4, 0.5) is 20.3 Å². The topological polar surface area (TPSA) is 93.6 Å². The minimum atomic E-state index is -2.68. The maximum absolute atomic E-state index is 13.8. The number of hydrogen-bond acceptors (Lipinski definition) is 7. The zero-order chi connectivity index (χ0) is 28.0. The number of fused-ring (bicyclic) bond motifs is 2. The van der Waals surface area contributed by atoms with Gasteiger partial charge in [0.2, 0.25) is 5.91 Å². The van der Waals surface area contributed by atoms with Gasteiger partial charge >= 0.3 is 5.69 Å². The van der Waals surface area contributed by atoms with Gasteiger partial charge in [0.15, 0.2) is 0 Å². The van der Waals surface area contributed by atoms with Gasteiger partial charge in [-0.15, -0.1) is 0 Å². The summed E-state index contributed by atoms with van der Waals surface area (Å²) in [5, 5.41) is 8.30. The van der Waals surface area contributed by atoms with Crippen LogP contribution in [-0.2, 0) is 24.3 Å². The Labute approximate surface area is 230 Å². The lowest BCUT2D eigenvalue weighted by Crippen LogP contribution is -2.50. The molecule has 40 heavy (non-hydrogen) atoms. The Balaban J connectivity index is 1.34. The molecule has 3 aromatic rings. The Kier molecular flexibility index (Phi) is 6.81. The quantitative estimate of drug-likeness (QED) is 0.469.